The van der Waals surface area contributed by atoms with E-state index in [1.807, 2.05) is 0 Å². The topological polar surface area (TPSA) is 88.5 Å². The summed E-state index contributed by atoms with van der Waals surface area (Å²) in [7, 11) is 1.49. The van der Waals surface area contributed by atoms with E-state index in [1.54, 1.807) is 12.1 Å². The maximum atomic E-state index is 12.3. The fourth-order valence-corrected chi connectivity index (χ4v) is 2.65. The van der Waals surface area contributed by atoms with Crippen molar-refractivity contribution in [2.45, 2.75) is 44.1 Å². The molecule has 0 bridgehead atoms. The first-order chi connectivity index (χ1) is 10.1. The van der Waals surface area contributed by atoms with Crippen LogP contribution in [0.4, 0.5) is 0 Å². The van der Waals surface area contributed by atoms with Crippen molar-refractivity contribution in [2.75, 3.05) is 7.11 Å². The third-order valence-electron chi connectivity index (χ3n) is 3.93. The van der Waals surface area contributed by atoms with E-state index >= 15 is 0 Å². The number of hydrogen-bond acceptors (Lipinski definition) is 4. The average Bonchev–Trinajstić information content (AvgIpc) is 2.74. The van der Waals surface area contributed by atoms with Crippen molar-refractivity contribution in [1.29, 1.82) is 0 Å². The third kappa shape index (κ3) is 3.51. The number of rotatable bonds is 4. The highest BCUT2D eigenvalue weighted by atomic mass is 16.5. The third-order valence-corrected chi connectivity index (χ3v) is 3.93. The van der Waals surface area contributed by atoms with Gasteiger partial charge in [0.25, 0.3) is 5.91 Å². The van der Waals surface area contributed by atoms with Crippen LogP contribution in [0.15, 0.2) is 18.3 Å². The number of carbonyl (C=O) groups excluding carboxylic acids is 1. The van der Waals surface area contributed by atoms with Crippen LogP contribution in [0, 0.1) is 0 Å². The largest absolute Gasteiger partial charge is 0.481 e. The summed E-state index contributed by atoms with van der Waals surface area (Å²) in [5.74, 6) is -0.956. The minimum absolute atomic E-state index is 0.334. The molecular formula is C15H20N2O4. The molecule has 1 aliphatic carbocycles. The first-order valence-electron chi connectivity index (χ1n) is 7.13. The molecule has 6 heteroatoms. The van der Waals surface area contributed by atoms with Crippen LogP contribution in [0.1, 0.15) is 48.9 Å². The van der Waals surface area contributed by atoms with Gasteiger partial charge in [0.15, 0.2) is 0 Å². The van der Waals surface area contributed by atoms with Crippen molar-refractivity contribution in [2.24, 2.45) is 0 Å². The fraction of sp³-hybridized carbons (Fsp3) is 0.533. The van der Waals surface area contributed by atoms with Gasteiger partial charge >= 0.3 is 5.97 Å². The molecule has 114 valence electrons. The molecule has 0 atom stereocenters. The van der Waals surface area contributed by atoms with Crippen LogP contribution in [-0.4, -0.2) is 34.6 Å². The molecule has 6 nitrogen and oxygen atoms in total. The molecule has 0 unspecified atom stereocenters. The Bertz CT molecular complexity index is 505. The zero-order valence-electron chi connectivity index (χ0n) is 12.1. The second kappa shape index (κ2) is 6.56. The zero-order valence-corrected chi connectivity index (χ0v) is 12.1. The number of carbonyl (C=O) groups is 2. The maximum absolute atomic E-state index is 12.3. The van der Waals surface area contributed by atoms with Crippen molar-refractivity contribution in [3.8, 4) is 5.88 Å². The summed E-state index contributed by atoms with van der Waals surface area (Å²) in [6.45, 7) is 0. The molecule has 1 saturated carbocycles. The summed E-state index contributed by atoms with van der Waals surface area (Å²) in [5, 5.41) is 12.2. The molecule has 1 heterocycles. The van der Waals surface area contributed by atoms with Crippen molar-refractivity contribution >= 4 is 11.9 Å². The predicted molar refractivity (Wildman–Crippen MR) is 76.3 cm³/mol. The van der Waals surface area contributed by atoms with Crippen LogP contribution < -0.4 is 10.1 Å². The lowest BCUT2D eigenvalue weighted by atomic mass is 9.90. The summed E-state index contributed by atoms with van der Waals surface area (Å²) in [6.07, 6.45) is 5.97. The normalized spacial score (nSPS) is 17.6. The van der Waals surface area contributed by atoms with Gasteiger partial charge in [-0.25, -0.2) is 9.78 Å². The van der Waals surface area contributed by atoms with Crippen molar-refractivity contribution in [3.05, 3.63) is 23.9 Å². The second-order valence-corrected chi connectivity index (χ2v) is 5.34. The standard InChI is InChI=1S/C15H20N2O4/c1-21-12-7-6-11(10-16-12)13(18)17-15(14(19)20)8-4-2-3-5-9-15/h6-7,10H,2-5,8-9H2,1H3,(H,17,18)(H,19,20). The number of nitrogens with one attached hydrogen (secondary N) is 1. The highest BCUT2D eigenvalue weighted by molar-refractivity contribution is 5.97. The lowest BCUT2D eigenvalue weighted by molar-refractivity contribution is -0.145. The molecule has 1 aliphatic rings. The number of hydrogen-bond donors (Lipinski definition) is 2. The summed E-state index contributed by atoms with van der Waals surface area (Å²) in [4.78, 5) is 27.9. The van der Waals surface area contributed by atoms with Crippen LogP contribution >= 0.6 is 0 Å². The van der Waals surface area contributed by atoms with Crippen molar-refractivity contribution < 1.29 is 19.4 Å². The number of aromatic nitrogens is 1. The second-order valence-electron chi connectivity index (χ2n) is 5.34. The lowest BCUT2D eigenvalue weighted by Gasteiger charge is -2.29. The lowest BCUT2D eigenvalue weighted by Crippen LogP contribution is -2.54. The summed E-state index contributed by atoms with van der Waals surface area (Å²) in [6, 6.07) is 3.16. The molecule has 0 spiro atoms. The monoisotopic (exact) mass is 292 g/mol. The molecule has 2 rings (SSSR count). The Kier molecular flexibility index (Phi) is 4.77. The Morgan fingerprint density at radius 2 is 1.90 bits per heavy atom. The molecule has 21 heavy (non-hydrogen) atoms. The van der Waals surface area contributed by atoms with E-state index in [0.717, 1.165) is 25.7 Å². The number of amides is 1. The van der Waals surface area contributed by atoms with Crippen LogP contribution in [0.2, 0.25) is 0 Å². The highest BCUT2D eigenvalue weighted by Crippen LogP contribution is 2.28. The molecule has 0 aliphatic heterocycles. The quantitative estimate of drug-likeness (QED) is 0.829. The van der Waals surface area contributed by atoms with Gasteiger partial charge in [-0.1, -0.05) is 25.7 Å². The molecule has 2 N–H and O–H groups in total. The smallest absolute Gasteiger partial charge is 0.329 e. The van der Waals surface area contributed by atoms with Gasteiger partial charge in [0.1, 0.15) is 5.54 Å². The SMILES string of the molecule is COc1ccc(C(=O)NC2(C(=O)O)CCCCCC2)cn1. The number of carboxylic acid groups (broad SMARTS) is 1. The van der Waals surface area contributed by atoms with Gasteiger partial charge in [0.05, 0.1) is 12.7 Å². The van der Waals surface area contributed by atoms with E-state index in [-0.39, 0.29) is 0 Å². The number of nitrogens with zero attached hydrogens (tertiary/aromatic N) is 1. The fourth-order valence-electron chi connectivity index (χ4n) is 2.65. The molecule has 0 aromatic carbocycles. The van der Waals surface area contributed by atoms with Gasteiger partial charge in [-0.05, 0) is 18.9 Å². The van der Waals surface area contributed by atoms with Crippen molar-refractivity contribution in [3.63, 3.8) is 0 Å². The molecule has 1 fully saturated rings. The van der Waals surface area contributed by atoms with Crippen LogP contribution in [0.25, 0.3) is 0 Å². The molecule has 1 aromatic heterocycles. The number of pyridine rings is 1. The number of aliphatic carboxylic acids is 1. The van der Waals surface area contributed by atoms with E-state index in [1.165, 1.54) is 13.3 Å². The molecular weight excluding hydrogens is 272 g/mol. The van der Waals surface area contributed by atoms with Gasteiger partial charge in [-0.3, -0.25) is 4.79 Å². The Labute approximate surface area is 123 Å². The van der Waals surface area contributed by atoms with Gasteiger partial charge < -0.3 is 15.2 Å². The Morgan fingerprint density at radius 1 is 1.24 bits per heavy atom. The first kappa shape index (κ1) is 15.3. The Balaban J connectivity index is 2.15. The maximum Gasteiger partial charge on any atom is 0.329 e. The highest BCUT2D eigenvalue weighted by Gasteiger charge is 2.40. The van der Waals surface area contributed by atoms with Crippen LogP contribution in [-0.2, 0) is 4.79 Å². The Hall–Kier alpha value is -2.11. The van der Waals surface area contributed by atoms with E-state index in [4.69, 9.17) is 4.74 Å². The van der Waals surface area contributed by atoms with Crippen molar-refractivity contribution in [1.82, 2.24) is 10.3 Å². The number of methoxy groups -OCH3 is 1. The van der Waals surface area contributed by atoms with Crippen LogP contribution in [0.3, 0.4) is 0 Å². The van der Waals surface area contributed by atoms with E-state index in [2.05, 4.69) is 10.3 Å². The predicted octanol–water partition coefficient (Wildman–Crippen LogP) is 2.00. The molecule has 0 radical (unpaired) electrons. The Morgan fingerprint density at radius 3 is 2.38 bits per heavy atom. The van der Waals surface area contributed by atoms with E-state index < -0.39 is 17.4 Å². The minimum Gasteiger partial charge on any atom is -0.481 e. The molecule has 0 saturated heterocycles. The van der Waals surface area contributed by atoms with E-state index in [9.17, 15) is 14.7 Å². The summed E-state index contributed by atoms with van der Waals surface area (Å²) >= 11 is 0. The number of carboxylic acids is 1. The number of ether oxygens (including phenoxy) is 1. The average molecular weight is 292 g/mol. The summed E-state index contributed by atoms with van der Waals surface area (Å²) < 4.78 is 4.94. The van der Waals surface area contributed by atoms with Gasteiger partial charge in [0, 0.05) is 12.3 Å². The zero-order chi connectivity index (χ0) is 15.3. The molecule has 1 amide bonds. The van der Waals surface area contributed by atoms with E-state index in [0.29, 0.717) is 24.3 Å². The first-order valence-corrected chi connectivity index (χ1v) is 7.13. The van der Waals surface area contributed by atoms with Gasteiger partial charge in [-0.15, -0.1) is 0 Å². The molecule has 1 aromatic rings. The van der Waals surface area contributed by atoms with Crippen LogP contribution in [0.5, 0.6) is 5.88 Å². The minimum atomic E-state index is -1.16. The van der Waals surface area contributed by atoms with Gasteiger partial charge in [-0.2, -0.15) is 0 Å². The summed E-state index contributed by atoms with van der Waals surface area (Å²) in [5.41, 5.74) is -0.825. The van der Waals surface area contributed by atoms with Gasteiger partial charge in [0.2, 0.25) is 5.88 Å².